The molecule has 0 unspecified atom stereocenters. The summed E-state index contributed by atoms with van der Waals surface area (Å²) in [7, 11) is 0. The maximum atomic E-state index is 10.4. The molecule has 0 atom stereocenters. The average Bonchev–Trinajstić information content (AvgIpc) is 1.82. The Morgan fingerprint density at radius 2 is 2.30 bits per heavy atom. The van der Waals surface area contributed by atoms with Crippen molar-refractivity contribution in [2.75, 3.05) is 6.61 Å². The van der Waals surface area contributed by atoms with Crippen molar-refractivity contribution >= 4 is 12.0 Å². The first-order chi connectivity index (χ1) is 4.66. The van der Waals surface area contributed by atoms with Gasteiger partial charge in [-0.25, -0.2) is 4.79 Å². The van der Waals surface area contributed by atoms with Crippen LogP contribution in [0.3, 0.4) is 0 Å². The van der Waals surface area contributed by atoms with Crippen LogP contribution in [0.15, 0.2) is 0 Å². The lowest BCUT2D eigenvalue weighted by Gasteiger charge is -1.98. The van der Waals surface area contributed by atoms with E-state index in [1.54, 1.807) is 0 Å². The first kappa shape index (κ1) is 8.50. The molecule has 54 valence electrons. The third kappa shape index (κ3) is 4.65. The number of rotatable bonds is 1. The number of ether oxygens (including phenoxy) is 1. The quantitative estimate of drug-likeness (QED) is 0.518. The molecule has 0 heterocycles. The minimum Gasteiger partial charge on any atom is -0.436 e. The highest BCUT2D eigenvalue weighted by Crippen LogP contribution is 1.74. The fourth-order valence-corrected chi connectivity index (χ4v) is 0.287. The Bertz CT molecular complexity index is 180. The van der Waals surface area contributed by atoms with E-state index < -0.39 is 12.0 Å². The number of alkyl carbamates (subject to hydrolysis) is 1. The van der Waals surface area contributed by atoms with E-state index in [-0.39, 0.29) is 6.61 Å². The number of terminal acetylenes is 1. The molecule has 0 aliphatic rings. The Labute approximate surface area is 58.5 Å². The molecule has 0 spiro atoms. The van der Waals surface area contributed by atoms with Crippen LogP contribution in [-0.4, -0.2) is 18.6 Å². The Hall–Kier alpha value is -1.50. The lowest BCUT2D eigenvalue weighted by molar-refractivity contribution is -0.118. The smallest absolute Gasteiger partial charge is 0.414 e. The standard InChI is InChI=1S/C6H7NO3/c1-3-4-10-6(9)7-5(2)8/h1H,4H2,2H3,(H,7,8,9). The van der Waals surface area contributed by atoms with E-state index in [0.717, 1.165) is 0 Å². The van der Waals surface area contributed by atoms with Crippen LogP contribution >= 0.6 is 0 Å². The summed E-state index contributed by atoms with van der Waals surface area (Å²) in [5, 5.41) is 1.88. The highest BCUT2D eigenvalue weighted by atomic mass is 16.5. The predicted molar refractivity (Wildman–Crippen MR) is 34.0 cm³/mol. The van der Waals surface area contributed by atoms with Crippen LogP contribution in [0.25, 0.3) is 0 Å². The summed E-state index contributed by atoms with van der Waals surface area (Å²) in [5.74, 6) is 1.61. The second-order valence-corrected chi connectivity index (χ2v) is 1.46. The summed E-state index contributed by atoms with van der Waals surface area (Å²) in [6, 6.07) is 0. The fraction of sp³-hybridized carbons (Fsp3) is 0.333. The van der Waals surface area contributed by atoms with Crippen molar-refractivity contribution in [3.8, 4) is 12.3 Å². The van der Waals surface area contributed by atoms with Crippen molar-refractivity contribution < 1.29 is 14.3 Å². The van der Waals surface area contributed by atoms with Gasteiger partial charge < -0.3 is 4.74 Å². The number of carbonyl (C=O) groups excluding carboxylic acids is 2. The van der Waals surface area contributed by atoms with Crippen LogP contribution in [0, 0.1) is 12.3 Å². The number of hydrogen-bond acceptors (Lipinski definition) is 3. The SMILES string of the molecule is C#CCOC(=O)NC(C)=O. The highest BCUT2D eigenvalue weighted by Gasteiger charge is 2.00. The van der Waals surface area contributed by atoms with Gasteiger partial charge in [-0.1, -0.05) is 5.92 Å². The van der Waals surface area contributed by atoms with Gasteiger partial charge in [0.1, 0.15) is 0 Å². The number of nitrogens with one attached hydrogen (secondary N) is 1. The van der Waals surface area contributed by atoms with Crippen LogP contribution in [0.5, 0.6) is 0 Å². The summed E-state index contributed by atoms with van der Waals surface area (Å²) < 4.78 is 4.30. The number of carbonyl (C=O) groups is 2. The molecule has 1 N–H and O–H groups in total. The molecular formula is C6H7NO3. The molecule has 0 aliphatic heterocycles. The molecule has 0 aromatic heterocycles. The van der Waals surface area contributed by atoms with E-state index >= 15 is 0 Å². The zero-order chi connectivity index (χ0) is 7.98. The van der Waals surface area contributed by atoms with Crippen LogP contribution < -0.4 is 5.32 Å². The van der Waals surface area contributed by atoms with E-state index in [1.165, 1.54) is 6.92 Å². The Kier molecular flexibility index (Phi) is 3.73. The first-order valence-corrected chi connectivity index (χ1v) is 2.54. The van der Waals surface area contributed by atoms with E-state index in [4.69, 9.17) is 6.42 Å². The summed E-state index contributed by atoms with van der Waals surface area (Å²) in [4.78, 5) is 20.5. The van der Waals surface area contributed by atoms with Gasteiger partial charge in [-0.3, -0.25) is 10.1 Å². The monoisotopic (exact) mass is 141 g/mol. The van der Waals surface area contributed by atoms with Crippen molar-refractivity contribution in [3.05, 3.63) is 0 Å². The second kappa shape index (κ2) is 4.39. The first-order valence-electron chi connectivity index (χ1n) is 2.54. The fourth-order valence-electron chi connectivity index (χ4n) is 0.287. The molecule has 0 saturated heterocycles. The largest absolute Gasteiger partial charge is 0.436 e. The van der Waals surface area contributed by atoms with Crippen LogP contribution in [0.2, 0.25) is 0 Å². The number of imide groups is 1. The molecule has 4 nitrogen and oxygen atoms in total. The van der Waals surface area contributed by atoms with Crippen molar-refractivity contribution in [2.24, 2.45) is 0 Å². The van der Waals surface area contributed by atoms with Crippen LogP contribution in [-0.2, 0) is 9.53 Å². The lowest BCUT2D eigenvalue weighted by atomic mass is 10.7. The molecule has 0 rings (SSSR count). The molecular weight excluding hydrogens is 134 g/mol. The Morgan fingerprint density at radius 1 is 1.70 bits per heavy atom. The van der Waals surface area contributed by atoms with Gasteiger partial charge in [0.2, 0.25) is 5.91 Å². The summed E-state index contributed by atoms with van der Waals surface area (Å²) >= 11 is 0. The summed E-state index contributed by atoms with van der Waals surface area (Å²) in [6.07, 6.45) is 3.95. The van der Waals surface area contributed by atoms with Gasteiger partial charge in [0.25, 0.3) is 0 Å². The zero-order valence-electron chi connectivity index (χ0n) is 5.51. The second-order valence-electron chi connectivity index (χ2n) is 1.46. The van der Waals surface area contributed by atoms with Gasteiger partial charge in [-0.15, -0.1) is 6.42 Å². The van der Waals surface area contributed by atoms with Crippen molar-refractivity contribution in [3.63, 3.8) is 0 Å². The Morgan fingerprint density at radius 3 is 2.70 bits per heavy atom. The van der Waals surface area contributed by atoms with E-state index in [9.17, 15) is 9.59 Å². The molecule has 0 aliphatic carbocycles. The molecule has 0 fully saturated rings. The van der Waals surface area contributed by atoms with E-state index in [2.05, 4.69) is 10.7 Å². The zero-order valence-corrected chi connectivity index (χ0v) is 5.51. The third-order valence-electron chi connectivity index (χ3n) is 0.565. The minimum atomic E-state index is -0.814. The average molecular weight is 141 g/mol. The Balaban J connectivity index is 3.47. The van der Waals surface area contributed by atoms with E-state index in [0.29, 0.717) is 0 Å². The molecule has 0 aromatic carbocycles. The summed E-state index contributed by atoms with van der Waals surface area (Å²) in [5.41, 5.74) is 0. The van der Waals surface area contributed by atoms with Gasteiger partial charge in [-0.05, 0) is 0 Å². The maximum absolute atomic E-state index is 10.4. The van der Waals surface area contributed by atoms with Gasteiger partial charge in [0.15, 0.2) is 6.61 Å². The van der Waals surface area contributed by atoms with Gasteiger partial charge in [-0.2, -0.15) is 0 Å². The third-order valence-corrected chi connectivity index (χ3v) is 0.565. The minimum absolute atomic E-state index is 0.126. The van der Waals surface area contributed by atoms with Crippen molar-refractivity contribution in [1.82, 2.24) is 5.32 Å². The van der Waals surface area contributed by atoms with Gasteiger partial charge in [0, 0.05) is 6.92 Å². The summed E-state index contributed by atoms with van der Waals surface area (Å²) in [6.45, 7) is 1.08. The maximum Gasteiger partial charge on any atom is 0.414 e. The number of hydrogen-bond donors (Lipinski definition) is 1. The van der Waals surface area contributed by atoms with Crippen LogP contribution in [0.4, 0.5) is 4.79 Å². The molecule has 4 heteroatoms. The molecule has 0 radical (unpaired) electrons. The lowest BCUT2D eigenvalue weighted by Crippen LogP contribution is -2.28. The number of amides is 2. The molecule has 10 heavy (non-hydrogen) atoms. The topological polar surface area (TPSA) is 55.4 Å². The highest BCUT2D eigenvalue weighted by molar-refractivity contribution is 5.90. The molecule has 0 bridgehead atoms. The van der Waals surface area contributed by atoms with Crippen LogP contribution in [0.1, 0.15) is 6.92 Å². The van der Waals surface area contributed by atoms with Gasteiger partial charge in [0.05, 0.1) is 0 Å². The normalized spacial score (nSPS) is 7.60. The predicted octanol–water partition coefficient (Wildman–Crippen LogP) is -0.108. The van der Waals surface area contributed by atoms with Crippen molar-refractivity contribution in [2.45, 2.75) is 6.92 Å². The van der Waals surface area contributed by atoms with E-state index in [1.807, 2.05) is 5.32 Å². The molecule has 2 amide bonds. The van der Waals surface area contributed by atoms with Gasteiger partial charge >= 0.3 is 6.09 Å². The van der Waals surface area contributed by atoms with Crippen molar-refractivity contribution in [1.29, 1.82) is 0 Å². The molecule has 0 saturated carbocycles. The molecule has 0 aromatic rings.